The van der Waals surface area contributed by atoms with Gasteiger partial charge in [-0.15, -0.1) is 11.3 Å². The average Bonchev–Trinajstić information content (AvgIpc) is 2.78. The van der Waals surface area contributed by atoms with Crippen molar-refractivity contribution < 1.29 is 0 Å². The number of thiophene rings is 1. The highest BCUT2D eigenvalue weighted by Crippen LogP contribution is 2.30. The smallest absolute Gasteiger partial charge is 0.0998 e. The number of aryl methyl sites for hydroxylation is 1. The topological polar surface area (TPSA) is 23.8 Å². The van der Waals surface area contributed by atoms with E-state index in [0.29, 0.717) is 0 Å². The van der Waals surface area contributed by atoms with Crippen molar-refractivity contribution in [2.45, 2.75) is 6.42 Å². The molecule has 80 valence electrons. The van der Waals surface area contributed by atoms with E-state index >= 15 is 0 Å². The summed E-state index contributed by atoms with van der Waals surface area (Å²) in [5, 5.41) is 10.0. The monoisotopic (exact) mass is 291 g/mol. The summed E-state index contributed by atoms with van der Waals surface area (Å²) in [6, 6.07) is 14.2. The van der Waals surface area contributed by atoms with Gasteiger partial charge in [-0.2, -0.15) is 5.26 Å². The lowest BCUT2D eigenvalue weighted by atomic mass is 10.1. The van der Waals surface area contributed by atoms with Gasteiger partial charge in [0.25, 0.3) is 0 Å². The molecule has 1 heterocycles. The molecule has 0 bridgehead atoms. The fourth-order valence-electron chi connectivity index (χ4n) is 1.55. The first kappa shape index (κ1) is 11.4. The van der Waals surface area contributed by atoms with Gasteiger partial charge in [0.05, 0.1) is 11.6 Å². The molecule has 0 aliphatic heterocycles. The molecule has 0 unspecified atom stereocenters. The van der Waals surface area contributed by atoms with Crippen LogP contribution >= 0.6 is 27.3 Å². The second-order valence-electron chi connectivity index (χ2n) is 3.36. The van der Waals surface area contributed by atoms with Crippen molar-refractivity contribution in [3.05, 3.63) is 46.8 Å². The largest absolute Gasteiger partial charge is 0.192 e. The van der Waals surface area contributed by atoms with Gasteiger partial charge in [0, 0.05) is 20.6 Å². The molecule has 2 rings (SSSR count). The number of halogens is 1. The summed E-state index contributed by atoms with van der Waals surface area (Å²) < 4.78 is 0. The fourth-order valence-corrected chi connectivity index (χ4v) is 3.28. The SMILES string of the molecule is N#Cc1ccccc1-c1ccc(CCBr)s1. The Bertz CT molecular complexity index is 525. The maximum absolute atomic E-state index is 9.04. The standard InChI is InChI=1S/C13H10BrNS/c14-8-7-11-5-6-13(16-11)12-4-2-1-3-10(12)9-15/h1-6H,7-8H2. The number of alkyl halides is 1. The van der Waals surface area contributed by atoms with Crippen molar-refractivity contribution in [2.75, 3.05) is 5.33 Å². The molecular weight excluding hydrogens is 282 g/mol. The Morgan fingerprint density at radius 3 is 2.75 bits per heavy atom. The summed E-state index contributed by atoms with van der Waals surface area (Å²) in [6.07, 6.45) is 1.04. The molecule has 0 atom stereocenters. The Labute approximate surface area is 107 Å². The predicted octanol–water partition coefficient (Wildman–Crippen LogP) is 4.22. The van der Waals surface area contributed by atoms with Crippen molar-refractivity contribution in [1.82, 2.24) is 0 Å². The summed E-state index contributed by atoms with van der Waals surface area (Å²) in [6.45, 7) is 0. The number of nitrogens with zero attached hydrogens (tertiary/aromatic N) is 1. The molecule has 0 fully saturated rings. The molecule has 1 nitrogen and oxygen atoms in total. The average molecular weight is 292 g/mol. The van der Waals surface area contributed by atoms with Crippen molar-refractivity contribution in [1.29, 1.82) is 5.26 Å². The molecule has 0 saturated carbocycles. The molecule has 16 heavy (non-hydrogen) atoms. The van der Waals surface area contributed by atoms with Gasteiger partial charge in [0.15, 0.2) is 0 Å². The number of nitriles is 1. The van der Waals surface area contributed by atoms with Gasteiger partial charge in [0.2, 0.25) is 0 Å². The molecule has 0 saturated heterocycles. The van der Waals surface area contributed by atoms with Crippen molar-refractivity contribution in [2.24, 2.45) is 0 Å². The fraction of sp³-hybridized carbons (Fsp3) is 0.154. The predicted molar refractivity (Wildman–Crippen MR) is 72.0 cm³/mol. The van der Waals surface area contributed by atoms with Gasteiger partial charge in [-0.05, 0) is 24.6 Å². The third-order valence-corrected chi connectivity index (χ3v) is 3.89. The Morgan fingerprint density at radius 2 is 2.00 bits per heavy atom. The first-order valence-corrected chi connectivity index (χ1v) is 6.93. The Hall–Kier alpha value is -1.11. The van der Waals surface area contributed by atoms with Crippen molar-refractivity contribution >= 4 is 27.3 Å². The van der Waals surface area contributed by atoms with Crippen LogP contribution in [0.4, 0.5) is 0 Å². The molecule has 1 aromatic heterocycles. The van der Waals surface area contributed by atoms with E-state index in [0.717, 1.165) is 22.9 Å². The molecule has 0 aliphatic rings. The van der Waals surface area contributed by atoms with Crippen LogP contribution in [0.2, 0.25) is 0 Å². The number of benzene rings is 1. The van der Waals surface area contributed by atoms with E-state index in [9.17, 15) is 0 Å². The lowest BCUT2D eigenvalue weighted by Crippen LogP contribution is -1.79. The normalized spacial score (nSPS) is 10.0. The van der Waals surface area contributed by atoms with Gasteiger partial charge < -0.3 is 0 Å². The highest BCUT2D eigenvalue weighted by atomic mass is 79.9. The van der Waals surface area contributed by atoms with Crippen LogP contribution in [-0.2, 0) is 6.42 Å². The Kier molecular flexibility index (Phi) is 3.76. The summed E-state index contributed by atoms with van der Waals surface area (Å²) in [7, 11) is 0. The highest BCUT2D eigenvalue weighted by molar-refractivity contribution is 9.09. The van der Waals surface area contributed by atoms with Crippen LogP contribution in [0.5, 0.6) is 0 Å². The van der Waals surface area contributed by atoms with Crippen molar-refractivity contribution in [3.63, 3.8) is 0 Å². The van der Waals surface area contributed by atoms with Crippen LogP contribution in [0, 0.1) is 11.3 Å². The molecule has 2 aromatic rings. The van der Waals surface area contributed by atoms with E-state index in [1.54, 1.807) is 11.3 Å². The molecule has 0 amide bonds. The molecule has 3 heteroatoms. The van der Waals surface area contributed by atoms with E-state index in [-0.39, 0.29) is 0 Å². The first-order chi connectivity index (χ1) is 7.85. The second-order valence-corrected chi connectivity index (χ2v) is 5.32. The molecule has 0 aliphatic carbocycles. The summed E-state index contributed by atoms with van der Waals surface area (Å²) >= 11 is 5.19. The highest BCUT2D eigenvalue weighted by Gasteiger charge is 2.06. The lowest BCUT2D eigenvalue weighted by Gasteiger charge is -1.99. The van der Waals surface area contributed by atoms with Crippen LogP contribution < -0.4 is 0 Å². The number of hydrogen-bond donors (Lipinski definition) is 0. The maximum Gasteiger partial charge on any atom is 0.0998 e. The zero-order valence-corrected chi connectivity index (χ0v) is 11.0. The minimum atomic E-state index is 0.745. The Morgan fingerprint density at radius 1 is 1.19 bits per heavy atom. The van der Waals surface area contributed by atoms with E-state index in [2.05, 4.69) is 34.1 Å². The number of hydrogen-bond acceptors (Lipinski definition) is 2. The van der Waals surface area contributed by atoms with E-state index < -0.39 is 0 Å². The number of rotatable bonds is 3. The summed E-state index contributed by atoms with van der Waals surface area (Å²) in [5.74, 6) is 0. The van der Waals surface area contributed by atoms with Gasteiger partial charge in [0.1, 0.15) is 0 Å². The lowest BCUT2D eigenvalue weighted by molar-refractivity contribution is 1.22. The van der Waals surface area contributed by atoms with Gasteiger partial charge in [-0.1, -0.05) is 34.1 Å². The van der Waals surface area contributed by atoms with E-state index in [1.165, 1.54) is 9.75 Å². The molecule has 0 radical (unpaired) electrons. The molecule has 1 aromatic carbocycles. The van der Waals surface area contributed by atoms with Crippen LogP contribution in [0.15, 0.2) is 36.4 Å². The second kappa shape index (κ2) is 5.29. The van der Waals surface area contributed by atoms with Gasteiger partial charge >= 0.3 is 0 Å². The quantitative estimate of drug-likeness (QED) is 0.777. The van der Waals surface area contributed by atoms with Crippen LogP contribution in [0.25, 0.3) is 10.4 Å². The summed E-state index contributed by atoms with van der Waals surface area (Å²) in [4.78, 5) is 2.52. The van der Waals surface area contributed by atoms with Gasteiger partial charge in [-0.3, -0.25) is 0 Å². The van der Waals surface area contributed by atoms with E-state index in [1.807, 2.05) is 24.3 Å². The minimum Gasteiger partial charge on any atom is -0.192 e. The third-order valence-electron chi connectivity index (χ3n) is 2.32. The minimum absolute atomic E-state index is 0.745. The zero-order valence-electron chi connectivity index (χ0n) is 8.61. The molecule has 0 N–H and O–H groups in total. The first-order valence-electron chi connectivity index (χ1n) is 4.99. The Balaban J connectivity index is 2.39. The molecule has 0 spiro atoms. The van der Waals surface area contributed by atoms with Crippen LogP contribution in [-0.4, -0.2) is 5.33 Å². The van der Waals surface area contributed by atoms with E-state index in [4.69, 9.17) is 5.26 Å². The van der Waals surface area contributed by atoms with Crippen LogP contribution in [0.3, 0.4) is 0 Å². The zero-order chi connectivity index (χ0) is 11.4. The van der Waals surface area contributed by atoms with Crippen molar-refractivity contribution in [3.8, 4) is 16.5 Å². The van der Waals surface area contributed by atoms with Gasteiger partial charge in [-0.25, -0.2) is 0 Å². The third kappa shape index (κ3) is 2.34. The summed E-state index contributed by atoms with van der Waals surface area (Å²) in [5.41, 5.74) is 1.78. The maximum atomic E-state index is 9.04. The van der Waals surface area contributed by atoms with Crippen LogP contribution in [0.1, 0.15) is 10.4 Å². The molecular formula is C13H10BrNS.